The van der Waals surface area contributed by atoms with Gasteiger partial charge < -0.3 is 10.5 Å². The highest BCUT2D eigenvalue weighted by Crippen LogP contribution is 2.46. The van der Waals surface area contributed by atoms with Gasteiger partial charge in [-0.25, -0.2) is 9.79 Å². The molecule has 0 saturated heterocycles. The van der Waals surface area contributed by atoms with Gasteiger partial charge in [0.1, 0.15) is 11.4 Å². The summed E-state index contributed by atoms with van der Waals surface area (Å²) < 4.78 is 5.40. The number of benzene rings is 1. The van der Waals surface area contributed by atoms with Crippen molar-refractivity contribution in [3.05, 3.63) is 18.2 Å². The van der Waals surface area contributed by atoms with E-state index in [1.807, 2.05) is 30.4 Å². The van der Waals surface area contributed by atoms with Crippen molar-refractivity contribution < 1.29 is 9.53 Å². The van der Waals surface area contributed by atoms with Gasteiger partial charge in [-0.2, -0.15) is 0 Å². The molecule has 15 heavy (non-hydrogen) atoms. The van der Waals surface area contributed by atoms with Crippen molar-refractivity contribution in [2.24, 2.45) is 10.7 Å². The maximum Gasteiger partial charge on any atom is 0.168 e. The Morgan fingerprint density at radius 2 is 2.40 bits per heavy atom. The molecule has 0 radical (unpaired) electrons. The summed E-state index contributed by atoms with van der Waals surface area (Å²) in [6.45, 7) is 2.46. The summed E-state index contributed by atoms with van der Waals surface area (Å²) in [4.78, 5) is 15.7. The third kappa shape index (κ3) is 1.56. The summed E-state index contributed by atoms with van der Waals surface area (Å²) in [7, 11) is -0.826. The Morgan fingerprint density at radius 3 is 3.07 bits per heavy atom. The molecule has 0 saturated carbocycles. The van der Waals surface area contributed by atoms with Gasteiger partial charge in [0.25, 0.3) is 0 Å². The molecule has 0 bridgehead atoms. The molecule has 1 aromatic rings. The van der Waals surface area contributed by atoms with Crippen LogP contribution in [0.25, 0.3) is 0 Å². The molecule has 0 fully saturated rings. The van der Waals surface area contributed by atoms with Crippen LogP contribution >= 0.6 is 10.5 Å². The number of hydrogen-bond acceptors (Lipinski definition) is 4. The Labute approximate surface area is 89.7 Å². The van der Waals surface area contributed by atoms with Crippen LogP contribution in [0.5, 0.6) is 5.75 Å². The zero-order chi connectivity index (χ0) is 10.8. The lowest BCUT2D eigenvalue weighted by atomic mass is 10.3. The van der Waals surface area contributed by atoms with E-state index in [1.54, 1.807) is 0 Å². The first-order valence-electron chi connectivity index (χ1n) is 4.50. The second-order valence-corrected chi connectivity index (χ2v) is 4.51. The highest BCUT2D eigenvalue weighted by atomic mass is 32.2. The molecule has 2 rings (SSSR count). The van der Waals surface area contributed by atoms with Crippen LogP contribution in [0.3, 0.4) is 0 Å². The fourth-order valence-corrected chi connectivity index (χ4v) is 2.54. The normalized spacial score (nSPS) is 17.9. The van der Waals surface area contributed by atoms with Gasteiger partial charge in [-0.15, -0.1) is 0 Å². The van der Waals surface area contributed by atoms with Crippen LogP contribution in [0.2, 0.25) is 0 Å². The smallest absolute Gasteiger partial charge is 0.168 e. The molecule has 5 heteroatoms. The van der Waals surface area contributed by atoms with Crippen molar-refractivity contribution >= 4 is 26.6 Å². The van der Waals surface area contributed by atoms with E-state index in [0.29, 0.717) is 23.2 Å². The van der Waals surface area contributed by atoms with E-state index in [9.17, 15) is 4.79 Å². The fourth-order valence-electron chi connectivity index (χ4n) is 1.41. The minimum absolute atomic E-state index is 0.312. The first-order chi connectivity index (χ1) is 7.27. The van der Waals surface area contributed by atoms with Crippen molar-refractivity contribution in [2.75, 3.05) is 6.61 Å². The first-order valence-corrected chi connectivity index (χ1v) is 5.72. The molecule has 2 N–H and O–H groups in total. The summed E-state index contributed by atoms with van der Waals surface area (Å²) in [5.41, 5.74) is 6.32. The van der Waals surface area contributed by atoms with E-state index in [0.717, 1.165) is 4.90 Å². The summed E-state index contributed by atoms with van der Waals surface area (Å²) in [6.07, 6.45) is 0. The first kappa shape index (κ1) is 9.96. The number of fused-ring (bicyclic) bond motifs is 1. The zero-order valence-corrected chi connectivity index (χ0v) is 9.00. The molecule has 1 aromatic carbocycles. The van der Waals surface area contributed by atoms with Crippen LogP contribution in [0.15, 0.2) is 28.1 Å². The number of nitrogens with zero attached hydrogens (tertiary/aromatic N) is 1. The van der Waals surface area contributed by atoms with Gasteiger partial charge in [-0.1, -0.05) is 6.07 Å². The molecule has 78 valence electrons. The summed E-state index contributed by atoms with van der Waals surface area (Å²) in [6, 6.07) is 5.47. The lowest BCUT2D eigenvalue weighted by Crippen LogP contribution is -2.04. The van der Waals surface area contributed by atoms with Crippen molar-refractivity contribution in [1.29, 1.82) is 0 Å². The highest BCUT2D eigenvalue weighted by molar-refractivity contribution is 8.27. The van der Waals surface area contributed by atoms with Gasteiger partial charge in [0.05, 0.1) is 6.61 Å². The second kappa shape index (κ2) is 3.88. The minimum atomic E-state index is -0.826. The van der Waals surface area contributed by atoms with Gasteiger partial charge in [-0.05, 0) is 29.5 Å². The number of nitrogens with two attached hydrogens (primary N) is 1. The Balaban J connectivity index is 2.60. The van der Waals surface area contributed by atoms with Crippen molar-refractivity contribution in [2.45, 2.75) is 11.8 Å². The average molecular weight is 222 g/mol. The molecule has 0 amide bonds. The van der Waals surface area contributed by atoms with Crippen LogP contribution in [0.1, 0.15) is 6.92 Å². The minimum Gasteiger partial charge on any atom is -0.492 e. The van der Waals surface area contributed by atoms with Gasteiger partial charge in [-0.3, -0.25) is 0 Å². The van der Waals surface area contributed by atoms with Crippen LogP contribution in [-0.2, 0) is 4.79 Å². The second-order valence-electron chi connectivity index (χ2n) is 2.88. The Morgan fingerprint density at radius 1 is 1.60 bits per heavy atom. The molecule has 1 atom stereocenters. The number of carbonyl (C=O) groups excluding carboxylic acids is 1. The van der Waals surface area contributed by atoms with Gasteiger partial charge >= 0.3 is 0 Å². The number of para-hydroxylation sites is 1. The van der Waals surface area contributed by atoms with E-state index in [1.165, 1.54) is 0 Å². The van der Waals surface area contributed by atoms with Gasteiger partial charge in [0.2, 0.25) is 0 Å². The summed E-state index contributed by atoms with van der Waals surface area (Å²) >= 11 is 0. The molecule has 1 aliphatic heterocycles. The molecule has 1 unspecified atom stereocenters. The largest absolute Gasteiger partial charge is 0.492 e. The molecule has 4 nitrogen and oxygen atoms in total. The zero-order valence-electron chi connectivity index (χ0n) is 8.19. The van der Waals surface area contributed by atoms with Crippen LogP contribution in [-0.4, -0.2) is 17.0 Å². The number of ether oxygens (including phenoxy) is 1. The monoisotopic (exact) mass is 222 g/mol. The van der Waals surface area contributed by atoms with Gasteiger partial charge in [0.15, 0.2) is 10.4 Å². The van der Waals surface area contributed by atoms with Crippen LogP contribution < -0.4 is 10.5 Å². The van der Waals surface area contributed by atoms with E-state index in [2.05, 4.69) is 4.99 Å². The Kier molecular flexibility index (Phi) is 2.58. The molecule has 1 aliphatic rings. The van der Waals surface area contributed by atoms with Gasteiger partial charge in [0, 0.05) is 4.90 Å². The highest BCUT2D eigenvalue weighted by Gasteiger charge is 2.21. The average Bonchev–Trinajstić information content (AvgIpc) is 2.55. The Hall–Kier alpha value is -1.58. The quantitative estimate of drug-likeness (QED) is 0.775. The van der Waals surface area contributed by atoms with Crippen LogP contribution in [0.4, 0.5) is 5.69 Å². The van der Waals surface area contributed by atoms with Crippen LogP contribution in [0, 0.1) is 0 Å². The standard InChI is InChI=1S/C10H10N2O2S/c1-2-14-7-4-3-5-8-9(7)12-10(11)15(8)6-13/h3-5H,2H2,1H3,(H2,11,12). The number of rotatable bonds is 2. The maximum atomic E-state index is 10.7. The molecule has 0 aliphatic carbocycles. The summed E-state index contributed by atoms with van der Waals surface area (Å²) in [5.74, 6) is 0.670. The number of hydrogen-bond donors (Lipinski definition) is 1. The third-order valence-corrected chi connectivity index (χ3v) is 3.44. The summed E-state index contributed by atoms with van der Waals surface area (Å²) in [5, 5.41) is 2.22. The van der Waals surface area contributed by atoms with E-state index in [-0.39, 0.29) is 0 Å². The maximum absolute atomic E-state index is 10.7. The van der Waals surface area contributed by atoms with E-state index < -0.39 is 10.5 Å². The topological polar surface area (TPSA) is 64.7 Å². The molecular weight excluding hydrogens is 212 g/mol. The van der Waals surface area contributed by atoms with E-state index >= 15 is 0 Å². The molecule has 1 heterocycles. The third-order valence-electron chi connectivity index (χ3n) is 2.00. The number of aliphatic imine (C=N–C) groups is 1. The lowest BCUT2D eigenvalue weighted by Gasteiger charge is -2.05. The fraction of sp³-hybridized carbons (Fsp3) is 0.200. The number of amidine groups is 1. The van der Waals surface area contributed by atoms with Crippen molar-refractivity contribution in [1.82, 2.24) is 0 Å². The predicted octanol–water partition coefficient (Wildman–Crippen LogP) is 1.74. The SMILES string of the molecule is CCOc1cccc2c1N=C(N)S2=C=O. The predicted molar refractivity (Wildman–Crippen MR) is 60.4 cm³/mol. The molecular formula is C10H10N2O2S. The van der Waals surface area contributed by atoms with Crippen molar-refractivity contribution in [3.8, 4) is 5.75 Å². The lowest BCUT2D eigenvalue weighted by molar-refractivity contribution is 0.341. The molecule has 0 spiro atoms. The van der Waals surface area contributed by atoms with E-state index in [4.69, 9.17) is 10.5 Å². The Bertz CT molecular complexity index is 490. The molecule has 0 aromatic heterocycles. The van der Waals surface area contributed by atoms with Crippen molar-refractivity contribution in [3.63, 3.8) is 0 Å².